The lowest BCUT2D eigenvalue weighted by Crippen LogP contribution is -2.34. The molecule has 1 heterocycles. The molecule has 0 saturated heterocycles. The van der Waals surface area contributed by atoms with Crippen LogP contribution in [-0.4, -0.2) is 18.0 Å². The average Bonchev–Trinajstić information content (AvgIpc) is 2.53. The Balaban J connectivity index is 1.80. The zero-order valence-corrected chi connectivity index (χ0v) is 14.0. The van der Waals surface area contributed by atoms with Gasteiger partial charge < -0.3 is 15.0 Å². The van der Waals surface area contributed by atoms with E-state index in [1.165, 1.54) is 11.6 Å². The van der Waals surface area contributed by atoms with E-state index in [-0.39, 0.29) is 23.9 Å². The van der Waals surface area contributed by atoms with Crippen LogP contribution >= 0.6 is 0 Å². The second-order valence-corrected chi connectivity index (χ2v) is 6.44. The number of rotatable bonds is 4. The van der Waals surface area contributed by atoms with Gasteiger partial charge in [0.05, 0.1) is 19.6 Å². The molecular formula is C19H22N2O3. The average molecular weight is 326 g/mol. The van der Waals surface area contributed by atoms with Gasteiger partial charge in [-0.15, -0.1) is 0 Å². The fourth-order valence-corrected chi connectivity index (χ4v) is 3.48. The first-order valence-electron chi connectivity index (χ1n) is 8.19. The zero-order valence-electron chi connectivity index (χ0n) is 14.0. The number of benzene rings is 1. The molecule has 2 aromatic rings. The number of hydrogen-bond donors (Lipinski definition) is 2. The van der Waals surface area contributed by atoms with E-state index in [9.17, 15) is 9.59 Å². The highest BCUT2D eigenvalue weighted by atomic mass is 16.5. The minimum absolute atomic E-state index is 0.0607. The van der Waals surface area contributed by atoms with Gasteiger partial charge in [0.2, 0.25) is 11.5 Å². The summed E-state index contributed by atoms with van der Waals surface area (Å²) in [7, 11) is 1.66. The van der Waals surface area contributed by atoms with Crippen molar-refractivity contribution in [2.24, 2.45) is 5.92 Å². The van der Waals surface area contributed by atoms with Crippen LogP contribution < -0.4 is 15.6 Å². The van der Waals surface area contributed by atoms with Gasteiger partial charge in [-0.05, 0) is 42.0 Å². The number of methoxy groups -OCH3 is 1. The predicted octanol–water partition coefficient (Wildman–Crippen LogP) is 2.37. The third-order valence-corrected chi connectivity index (χ3v) is 4.47. The SMILES string of the molecule is COc1cccc2c1C(NC(=O)Cc1cc[nH]c(=O)c1)CC(C)C2. The molecule has 0 bridgehead atoms. The Bertz CT molecular complexity index is 797. The second kappa shape index (κ2) is 6.91. The number of amides is 1. The minimum atomic E-state index is -0.196. The number of hydrogen-bond acceptors (Lipinski definition) is 3. The monoisotopic (exact) mass is 326 g/mol. The summed E-state index contributed by atoms with van der Waals surface area (Å²) >= 11 is 0. The topological polar surface area (TPSA) is 71.2 Å². The Morgan fingerprint density at radius 2 is 2.21 bits per heavy atom. The highest BCUT2D eigenvalue weighted by Crippen LogP contribution is 2.38. The van der Waals surface area contributed by atoms with Crippen LogP contribution in [0.2, 0.25) is 0 Å². The van der Waals surface area contributed by atoms with Crippen molar-refractivity contribution in [2.75, 3.05) is 7.11 Å². The van der Waals surface area contributed by atoms with E-state index >= 15 is 0 Å². The molecule has 2 atom stereocenters. The number of carbonyl (C=O) groups is 1. The molecule has 1 aromatic heterocycles. The molecule has 1 amide bonds. The number of fused-ring (bicyclic) bond motifs is 1. The molecule has 5 heteroatoms. The van der Waals surface area contributed by atoms with Crippen LogP contribution in [0.25, 0.3) is 0 Å². The number of aromatic nitrogens is 1. The van der Waals surface area contributed by atoms with Crippen LogP contribution in [-0.2, 0) is 17.6 Å². The van der Waals surface area contributed by atoms with E-state index in [1.807, 2.05) is 12.1 Å². The molecule has 126 valence electrons. The summed E-state index contributed by atoms with van der Waals surface area (Å²) in [6.45, 7) is 2.19. The lowest BCUT2D eigenvalue weighted by Gasteiger charge is -2.31. The quantitative estimate of drug-likeness (QED) is 0.906. The molecule has 1 aliphatic rings. The molecule has 1 aromatic carbocycles. The third-order valence-electron chi connectivity index (χ3n) is 4.47. The Morgan fingerprint density at radius 1 is 1.38 bits per heavy atom. The number of aromatic amines is 1. The van der Waals surface area contributed by atoms with Crippen molar-refractivity contribution >= 4 is 5.91 Å². The van der Waals surface area contributed by atoms with E-state index in [4.69, 9.17) is 4.74 Å². The molecule has 3 rings (SSSR count). The summed E-state index contributed by atoms with van der Waals surface area (Å²) in [5.74, 6) is 1.23. The maximum Gasteiger partial charge on any atom is 0.248 e. The minimum Gasteiger partial charge on any atom is -0.496 e. The van der Waals surface area contributed by atoms with Crippen LogP contribution in [0.5, 0.6) is 5.75 Å². The van der Waals surface area contributed by atoms with Crippen molar-refractivity contribution < 1.29 is 9.53 Å². The summed E-state index contributed by atoms with van der Waals surface area (Å²) in [5.41, 5.74) is 2.82. The largest absolute Gasteiger partial charge is 0.496 e. The van der Waals surface area contributed by atoms with E-state index in [0.29, 0.717) is 11.5 Å². The summed E-state index contributed by atoms with van der Waals surface area (Å²) in [6, 6.07) is 9.17. The number of carbonyl (C=O) groups excluding carboxylic acids is 1. The maximum absolute atomic E-state index is 12.4. The lowest BCUT2D eigenvalue weighted by atomic mass is 9.81. The van der Waals surface area contributed by atoms with Crippen molar-refractivity contribution in [1.29, 1.82) is 0 Å². The standard InChI is InChI=1S/C19H22N2O3/c1-12-8-14-4-3-5-16(24-2)19(14)15(9-12)21-18(23)11-13-6-7-20-17(22)10-13/h3-7,10,12,15H,8-9,11H2,1-2H3,(H,20,22)(H,21,23). The zero-order chi connectivity index (χ0) is 17.1. The number of ether oxygens (including phenoxy) is 1. The molecule has 0 radical (unpaired) electrons. The summed E-state index contributed by atoms with van der Waals surface area (Å²) in [5, 5.41) is 3.12. The van der Waals surface area contributed by atoms with E-state index in [0.717, 1.165) is 24.2 Å². The van der Waals surface area contributed by atoms with Gasteiger partial charge in [0.1, 0.15) is 5.75 Å². The fourth-order valence-electron chi connectivity index (χ4n) is 3.48. The highest BCUT2D eigenvalue weighted by molar-refractivity contribution is 5.79. The molecular weight excluding hydrogens is 304 g/mol. The van der Waals surface area contributed by atoms with Crippen molar-refractivity contribution in [3.63, 3.8) is 0 Å². The van der Waals surface area contributed by atoms with Gasteiger partial charge in [-0.3, -0.25) is 9.59 Å². The molecule has 1 aliphatic carbocycles. The molecule has 24 heavy (non-hydrogen) atoms. The van der Waals surface area contributed by atoms with Crippen LogP contribution in [0.4, 0.5) is 0 Å². The number of H-pyrrole nitrogens is 1. The maximum atomic E-state index is 12.4. The van der Waals surface area contributed by atoms with Crippen molar-refractivity contribution in [1.82, 2.24) is 10.3 Å². The van der Waals surface area contributed by atoms with Crippen LogP contribution in [0.1, 0.15) is 36.1 Å². The van der Waals surface area contributed by atoms with Crippen LogP contribution in [0, 0.1) is 5.92 Å². The molecule has 0 spiro atoms. The van der Waals surface area contributed by atoms with E-state index in [2.05, 4.69) is 23.3 Å². The van der Waals surface area contributed by atoms with Gasteiger partial charge in [-0.2, -0.15) is 0 Å². The fraction of sp³-hybridized carbons (Fsp3) is 0.368. The van der Waals surface area contributed by atoms with Gasteiger partial charge in [-0.25, -0.2) is 0 Å². The van der Waals surface area contributed by atoms with Gasteiger partial charge in [0.15, 0.2) is 0 Å². The van der Waals surface area contributed by atoms with Crippen molar-refractivity contribution in [3.05, 3.63) is 63.6 Å². The highest BCUT2D eigenvalue weighted by Gasteiger charge is 2.28. The van der Waals surface area contributed by atoms with Gasteiger partial charge in [-0.1, -0.05) is 19.1 Å². The van der Waals surface area contributed by atoms with Crippen molar-refractivity contribution in [3.8, 4) is 5.75 Å². The van der Waals surface area contributed by atoms with Gasteiger partial charge in [0, 0.05) is 17.8 Å². The summed E-state index contributed by atoms with van der Waals surface area (Å²) < 4.78 is 5.50. The Morgan fingerprint density at radius 3 is 2.96 bits per heavy atom. The van der Waals surface area contributed by atoms with Crippen molar-refractivity contribution in [2.45, 2.75) is 32.2 Å². The lowest BCUT2D eigenvalue weighted by molar-refractivity contribution is -0.121. The Hall–Kier alpha value is -2.56. The second-order valence-electron chi connectivity index (χ2n) is 6.44. The number of nitrogens with one attached hydrogen (secondary N) is 2. The number of pyridine rings is 1. The van der Waals surface area contributed by atoms with Crippen LogP contribution in [0.15, 0.2) is 41.3 Å². The Labute approximate surface area is 141 Å². The molecule has 2 unspecified atom stereocenters. The molecule has 5 nitrogen and oxygen atoms in total. The molecule has 2 N–H and O–H groups in total. The molecule has 0 aliphatic heterocycles. The normalized spacial score (nSPS) is 19.4. The first-order valence-corrected chi connectivity index (χ1v) is 8.19. The summed E-state index contributed by atoms with van der Waals surface area (Å²) in [4.78, 5) is 26.3. The van der Waals surface area contributed by atoms with Gasteiger partial charge in [0.25, 0.3) is 0 Å². The first-order chi connectivity index (χ1) is 11.6. The van der Waals surface area contributed by atoms with E-state index < -0.39 is 0 Å². The van der Waals surface area contributed by atoms with Gasteiger partial charge >= 0.3 is 0 Å². The smallest absolute Gasteiger partial charge is 0.248 e. The third kappa shape index (κ3) is 3.50. The Kier molecular flexibility index (Phi) is 4.69. The van der Waals surface area contributed by atoms with Crippen LogP contribution in [0.3, 0.4) is 0 Å². The summed E-state index contributed by atoms with van der Waals surface area (Å²) in [6.07, 6.45) is 3.63. The van der Waals surface area contributed by atoms with E-state index in [1.54, 1.807) is 19.4 Å². The molecule has 0 saturated carbocycles. The first kappa shape index (κ1) is 16.3. The molecule has 0 fully saturated rings. The predicted molar refractivity (Wildman–Crippen MR) is 92.1 cm³/mol.